The highest BCUT2D eigenvalue weighted by atomic mass is 32.2. The van der Waals surface area contributed by atoms with Crippen LogP contribution in [0.25, 0.3) is 0 Å². The van der Waals surface area contributed by atoms with Crippen molar-refractivity contribution in [2.24, 2.45) is 0 Å². The van der Waals surface area contributed by atoms with E-state index in [4.69, 9.17) is 0 Å². The van der Waals surface area contributed by atoms with E-state index in [1.54, 1.807) is 18.7 Å². The van der Waals surface area contributed by atoms with Gasteiger partial charge in [0.05, 0.1) is 10.9 Å². The summed E-state index contributed by atoms with van der Waals surface area (Å²) in [6, 6.07) is 9.16. The largest absolute Gasteiger partial charge is 0.325 e. The van der Waals surface area contributed by atoms with Crippen molar-refractivity contribution in [3.8, 4) is 0 Å². The van der Waals surface area contributed by atoms with E-state index in [-0.39, 0.29) is 16.7 Å². The molecule has 0 bridgehead atoms. The first-order chi connectivity index (χ1) is 12.0. The SMILES string of the molecule is CCCSCc1cc(=O)[nH]c(SC(C)C(=O)Nc2ccc(C)cc2)n1. The summed E-state index contributed by atoms with van der Waals surface area (Å²) in [4.78, 5) is 31.3. The van der Waals surface area contributed by atoms with Gasteiger partial charge in [0.1, 0.15) is 0 Å². The maximum atomic E-state index is 12.3. The van der Waals surface area contributed by atoms with E-state index in [9.17, 15) is 9.59 Å². The maximum Gasteiger partial charge on any atom is 0.251 e. The van der Waals surface area contributed by atoms with Crippen molar-refractivity contribution in [3.05, 3.63) is 51.9 Å². The highest BCUT2D eigenvalue weighted by molar-refractivity contribution is 8.00. The van der Waals surface area contributed by atoms with Gasteiger partial charge in [0.15, 0.2) is 5.16 Å². The Labute approximate surface area is 156 Å². The second-order valence-electron chi connectivity index (χ2n) is 5.71. The van der Waals surface area contributed by atoms with Gasteiger partial charge < -0.3 is 10.3 Å². The number of hydrogen-bond acceptors (Lipinski definition) is 5. The van der Waals surface area contributed by atoms with Crippen LogP contribution >= 0.6 is 23.5 Å². The van der Waals surface area contributed by atoms with Crippen LogP contribution in [0.4, 0.5) is 5.69 Å². The molecule has 0 fully saturated rings. The van der Waals surface area contributed by atoms with Gasteiger partial charge in [0.2, 0.25) is 5.91 Å². The summed E-state index contributed by atoms with van der Waals surface area (Å²) in [5.74, 6) is 1.61. The summed E-state index contributed by atoms with van der Waals surface area (Å²) in [6.07, 6.45) is 1.09. The fourth-order valence-corrected chi connectivity index (χ4v) is 3.66. The molecule has 1 aromatic heterocycles. The van der Waals surface area contributed by atoms with Gasteiger partial charge in [-0.3, -0.25) is 9.59 Å². The number of hydrogen-bond donors (Lipinski definition) is 2. The number of H-pyrrole nitrogens is 1. The van der Waals surface area contributed by atoms with E-state index < -0.39 is 0 Å². The number of thioether (sulfide) groups is 2. The van der Waals surface area contributed by atoms with Crippen LogP contribution in [0.1, 0.15) is 31.5 Å². The first-order valence-corrected chi connectivity index (χ1v) is 10.2. The molecule has 2 N–H and O–H groups in total. The first-order valence-electron chi connectivity index (χ1n) is 8.20. The van der Waals surface area contributed by atoms with E-state index >= 15 is 0 Å². The standard InChI is InChI=1S/C18H23N3O2S2/c1-4-9-24-11-15-10-16(22)21-18(20-15)25-13(3)17(23)19-14-7-5-12(2)6-8-14/h5-8,10,13H,4,9,11H2,1-3H3,(H,19,23)(H,20,21,22). The molecule has 7 heteroatoms. The van der Waals surface area contributed by atoms with Gasteiger partial charge >= 0.3 is 0 Å². The molecule has 1 unspecified atom stereocenters. The minimum Gasteiger partial charge on any atom is -0.325 e. The minimum absolute atomic E-state index is 0.123. The number of nitrogens with zero attached hydrogens (tertiary/aromatic N) is 1. The number of anilines is 1. The second kappa shape index (κ2) is 9.68. The third kappa shape index (κ3) is 6.59. The zero-order chi connectivity index (χ0) is 18.2. The van der Waals surface area contributed by atoms with Gasteiger partial charge in [-0.1, -0.05) is 36.4 Å². The van der Waals surface area contributed by atoms with Crippen molar-refractivity contribution in [1.29, 1.82) is 0 Å². The molecule has 0 aliphatic carbocycles. The molecule has 25 heavy (non-hydrogen) atoms. The number of nitrogens with one attached hydrogen (secondary N) is 2. The third-order valence-corrected chi connectivity index (χ3v) is 5.53. The summed E-state index contributed by atoms with van der Waals surface area (Å²) in [5, 5.41) is 2.98. The lowest BCUT2D eigenvalue weighted by atomic mass is 10.2. The molecular formula is C18H23N3O2S2. The van der Waals surface area contributed by atoms with Crippen LogP contribution in [0.5, 0.6) is 0 Å². The molecule has 134 valence electrons. The maximum absolute atomic E-state index is 12.3. The lowest BCUT2D eigenvalue weighted by Crippen LogP contribution is -2.23. The number of aromatic amines is 1. The lowest BCUT2D eigenvalue weighted by Gasteiger charge is -2.12. The Hall–Kier alpha value is -1.73. The highest BCUT2D eigenvalue weighted by Gasteiger charge is 2.16. The predicted molar refractivity (Wildman–Crippen MR) is 106 cm³/mol. The highest BCUT2D eigenvalue weighted by Crippen LogP contribution is 2.21. The fourth-order valence-electron chi connectivity index (χ4n) is 2.04. The van der Waals surface area contributed by atoms with Gasteiger partial charge in [0.25, 0.3) is 5.56 Å². The van der Waals surface area contributed by atoms with Crippen LogP contribution in [0, 0.1) is 6.92 Å². The van der Waals surface area contributed by atoms with E-state index in [0.717, 1.165) is 29.1 Å². The Morgan fingerprint density at radius 1 is 1.32 bits per heavy atom. The summed E-state index contributed by atoms with van der Waals surface area (Å²) in [6.45, 7) is 5.92. The zero-order valence-corrected chi connectivity index (χ0v) is 16.3. The van der Waals surface area contributed by atoms with Crippen molar-refractivity contribution in [1.82, 2.24) is 9.97 Å². The van der Waals surface area contributed by atoms with E-state index in [2.05, 4.69) is 22.2 Å². The normalized spacial score (nSPS) is 12.0. The van der Waals surface area contributed by atoms with Crippen molar-refractivity contribution < 1.29 is 4.79 Å². The molecule has 1 aromatic carbocycles. The van der Waals surface area contributed by atoms with Crippen molar-refractivity contribution in [2.45, 2.75) is 43.4 Å². The van der Waals surface area contributed by atoms with E-state index in [1.165, 1.54) is 17.8 Å². The number of carbonyl (C=O) groups is 1. The zero-order valence-electron chi connectivity index (χ0n) is 14.7. The van der Waals surface area contributed by atoms with Gasteiger partial charge in [-0.05, 0) is 38.2 Å². The lowest BCUT2D eigenvalue weighted by molar-refractivity contribution is -0.115. The fraction of sp³-hybridized carbons (Fsp3) is 0.389. The van der Waals surface area contributed by atoms with Crippen molar-refractivity contribution >= 4 is 35.1 Å². The third-order valence-electron chi connectivity index (χ3n) is 3.35. The Morgan fingerprint density at radius 3 is 2.72 bits per heavy atom. The van der Waals surface area contributed by atoms with Crippen LogP contribution in [-0.2, 0) is 10.5 Å². The van der Waals surface area contributed by atoms with Crippen LogP contribution < -0.4 is 10.9 Å². The number of aryl methyl sites for hydroxylation is 1. The van der Waals surface area contributed by atoms with E-state index in [1.807, 2.05) is 31.2 Å². The Balaban J connectivity index is 1.98. The Morgan fingerprint density at radius 2 is 2.04 bits per heavy atom. The smallest absolute Gasteiger partial charge is 0.251 e. The predicted octanol–water partition coefficient (Wildman–Crippen LogP) is 3.84. The molecular weight excluding hydrogens is 354 g/mol. The molecule has 5 nitrogen and oxygen atoms in total. The van der Waals surface area contributed by atoms with Gasteiger partial charge in [-0.25, -0.2) is 4.98 Å². The number of rotatable bonds is 8. The van der Waals surface area contributed by atoms with Crippen LogP contribution in [0.3, 0.4) is 0 Å². The van der Waals surface area contributed by atoms with Gasteiger partial charge in [-0.15, -0.1) is 0 Å². The number of amides is 1. The molecule has 2 aromatic rings. The summed E-state index contributed by atoms with van der Waals surface area (Å²) < 4.78 is 0. The molecule has 1 amide bonds. The minimum atomic E-state index is -0.372. The van der Waals surface area contributed by atoms with Crippen molar-refractivity contribution in [3.63, 3.8) is 0 Å². The Kier molecular flexibility index (Phi) is 7.58. The summed E-state index contributed by atoms with van der Waals surface area (Å²) in [5.41, 5.74) is 2.46. The average molecular weight is 378 g/mol. The van der Waals surface area contributed by atoms with E-state index in [0.29, 0.717) is 10.9 Å². The number of benzene rings is 1. The molecule has 0 aliphatic rings. The molecule has 0 radical (unpaired) electrons. The first kappa shape index (κ1) is 19.6. The second-order valence-corrected chi connectivity index (χ2v) is 8.14. The summed E-state index contributed by atoms with van der Waals surface area (Å²) in [7, 11) is 0. The molecule has 2 rings (SSSR count). The van der Waals surface area contributed by atoms with Crippen LogP contribution in [-0.4, -0.2) is 26.9 Å². The number of aromatic nitrogens is 2. The molecule has 0 aliphatic heterocycles. The molecule has 0 saturated carbocycles. The van der Waals surface area contributed by atoms with Crippen LogP contribution in [0.2, 0.25) is 0 Å². The van der Waals surface area contributed by atoms with Gasteiger partial charge in [0, 0.05) is 17.5 Å². The molecule has 0 saturated heterocycles. The molecule has 0 spiro atoms. The Bertz CT molecular complexity index is 760. The van der Waals surface area contributed by atoms with Crippen molar-refractivity contribution in [2.75, 3.05) is 11.1 Å². The van der Waals surface area contributed by atoms with Crippen LogP contribution in [0.15, 0.2) is 40.3 Å². The summed E-state index contributed by atoms with van der Waals surface area (Å²) >= 11 is 3.00. The molecule has 1 heterocycles. The topological polar surface area (TPSA) is 74.8 Å². The average Bonchev–Trinajstić information content (AvgIpc) is 2.56. The van der Waals surface area contributed by atoms with Gasteiger partial charge in [-0.2, -0.15) is 11.8 Å². The quantitative estimate of drug-likeness (QED) is 0.415. The number of carbonyl (C=O) groups excluding carboxylic acids is 1. The monoisotopic (exact) mass is 377 g/mol. The molecule has 1 atom stereocenters.